The van der Waals surface area contributed by atoms with Gasteiger partial charge < -0.3 is 10.2 Å². The maximum Gasteiger partial charge on any atom is 0.429 e. The molecular weight excluding hydrogens is 562 g/mol. The minimum absolute atomic E-state index is 0.0160. The van der Waals surface area contributed by atoms with Crippen molar-refractivity contribution in [3.05, 3.63) is 89.5 Å². The van der Waals surface area contributed by atoms with E-state index >= 15 is 13.2 Å². The van der Waals surface area contributed by atoms with Crippen LogP contribution in [0.25, 0.3) is 0 Å². The molecule has 41 heavy (non-hydrogen) atoms. The minimum atomic E-state index is -4.95. The van der Waals surface area contributed by atoms with Gasteiger partial charge in [0.15, 0.2) is 0 Å². The number of alkyl halides is 3. The monoisotopic (exact) mass is 593 g/mol. The van der Waals surface area contributed by atoms with Crippen molar-refractivity contribution in [1.82, 2.24) is 15.2 Å². The summed E-state index contributed by atoms with van der Waals surface area (Å²) >= 11 is 0. The Kier molecular flexibility index (Phi) is 8.59. The topological polar surface area (TPSA) is 94.6 Å². The van der Waals surface area contributed by atoms with E-state index in [2.05, 4.69) is 10.3 Å². The van der Waals surface area contributed by atoms with E-state index in [-0.39, 0.29) is 43.0 Å². The van der Waals surface area contributed by atoms with Gasteiger partial charge in [-0.1, -0.05) is 30.3 Å². The molecule has 2 N–H and O–H groups in total. The largest absolute Gasteiger partial charge is 0.429 e. The molecule has 4 rings (SSSR count). The number of halogens is 4. The first-order valence-electron chi connectivity index (χ1n) is 12.8. The summed E-state index contributed by atoms with van der Waals surface area (Å²) in [6.07, 6.45) is -1.67. The molecular formula is C28H31F4N5O3S. The predicted molar refractivity (Wildman–Crippen MR) is 148 cm³/mol. The van der Waals surface area contributed by atoms with Gasteiger partial charge in [-0.25, -0.2) is 12.8 Å². The van der Waals surface area contributed by atoms with E-state index in [1.165, 1.54) is 36.2 Å². The summed E-state index contributed by atoms with van der Waals surface area (Å²) in [5.74, 6) is -3.16. The number of aromatic nitrogens is 1. The fourth-order valence-electron chi connectivity index (χ4n) is 5.05. The van der Waals surface area contributed by atoms with Crippen LogP contribution in [0.3, 0.4) is 0 Å². The summed E-state index contributed by atoms with van der Waals surface area (Å²) in [6.45, 7) is 3.83. The Balaban J connectivity index is 1.66. The number of benzene rings is 2. The molecule has 2 heterocycles. The second-order valence-corrected chi connectivity index (χ2v) is 11.8. The molecule has 2 unspecified atom stereocenters. The zero-order chi connectivity index (χ0) is 30.0. The Hall–Kier alpha value is -3.71. The van der Waals surface area contributed by atoms with Crippen LogP contribution in [-0.4, -0.2) is 62.8 Å². The van der Waals surface area contributed by atoms with Crippen LogP contribution in [0.1, 0.15) is 29.5 Å². The first-order valence-corrected chi connectivity index (χ1v) is 14.7. The molecule has 1 amide bonds. The number of piperazine rings is 1. The van der Waals surface area contributed by atoms with Gasteiger partial charge in [0.05, 0.1) is 17.9 Å². The third-order valence-electron chi connectivity index (χ3n) is 7.19. The summed E-state index contributed by atoms with van der Waals surface area (Å²) in [5, 5.41) is 2.26. The lowest BCUT2D eigenvalue weighted by Gasteiger charge is -2.49. The molecule has 2 aromatic carbocycles. The predicted octanol–water partition coefficient (Wildman–Crippen LogP) is 4.36. The maximum atomic E-state index is 15.2. The van der Waals surface area contributed by atoms with E-state index in [0.29, 0.717) is 0 Å². The highest BCUT2D eigenvalue weighted by molar-refractivity contribution is 7.92. The molecule has 0 radical (unpaired) electrons. The number of hydrogen-bond acceptors (Lipinski definition) is 6. The molecule has 0 saturated carbocycles. The molecule has 2 atom stereocenters. The lowest BCUT2D eigenvalue weighted by molar-refractivity contribution is -0.251. The molecule has 1 fully saturated rings. The number of carbonyl (C=O) groups excluding carboxylic acids is 1. The Morgan fingerprint density at radius 3 is 2.27 bits per heavy atom. The highest BCUT2D eigenvalue weighted by atomic mass is 32.2. The number of hydrogen-bond donors (Lipinski definition) is 2. The average Bonchev–Trinajstić information content (AvgIpc) is 2.92. The van der Waals surface area contributed by atoms with Gasteiger partial charge in [-0.15, -0.1) is 0 Å². The summed E-state index contributed by atoms with van der Waals surface area (Å²) in [4.78, 5) is 20.6. The Morgan fingerprint density at radius 2 is 1.71 bits per heavy atom. The van der Waals surface area contributed by atoms with Crippen molar-refractivity contribution in [3.8, 4) is 0 Å². The van der Waals surface area contributed by atoms with Crippen molar-refractivity contribution in [3.63, 3.8) is 0 Å². The van der Waals surface area contributed by atoms with Crippen LogP contribution in [0.4, 0.5) is 28.9 Å². The lowest BCUT2D eigenvalue weighted by atomic mass is 9.93. The van der Waals surface area contributed by atoms with E-state index in [0.717, 1.165) is 35.8 Å². The summed E-state index contributed by atoms with van der Waals surface area (Å²) in [6, 6.07) is 13.6. The zero-order valence-electron chi connectivity index (χ0n) is 22.7. The van der Waals surface area contributed by atoms with Crippen LogP contribution < -0.4 is 14.9 Å². The number of rotatable bonds is 8. The zero-order valence-corrected chi connectivity index (χ0v) is 23.6. The Bertz CT molecular complexity index is 1500. The van der Waals surface area contributed by atoms with Gasteiger partial charge in [-0.3, -0.25) is 19.4 Å². The van der Waals surface area contributed by atoms with E-state index in [1.807, 2.05) is 40.8 Å². The van der Waals surface area contributed by atoms with Crippen molar-refractivity contribution in [2.75, 3.05) is 42.1 Å². The van der Waals surface area contributed by atoms with E-state index in [4.69, 9.17) is 0 Å². The van der Waals surface area contributed by atoms with Gasteiger partial charge in [0.25, 0.3) is 0 Å². The van der Waals surface area contributed by atoms with E-state index in [9.17, 15) is 17.6 Å². The van der Waals surface area contributed by atoms with Crippen LogP contribution in [0.15, 0.2) is 67.0 Å². The molecule has 1 aromatic heterocycles. The maximum absolute atomic E-state index is 15.2. The number of anilines is 2. The lowest BCUT2D eigenvalue weighted by Crippen LogP contribution is -2.69. The number of aryl methyl sites for hydroxylation is 1. The SMILES string of the molecule is Cc1ccccc1N1CCN(C(NC(=O)C(C)c2ccc(NS(C)(=O)=O)c(F)c2)(c2cccnc2)C(F)(F)F)CC1. The Labute approximate surface area is 236 Å². The van der Waals surface area contributed by atoms with Crippen molar-refractivity contribution in [1.29, 1.82) is 0 Å². The third kappa shape index (κ3) is 6.46. The molecule has 220 valence electrons. The number of sulfonamides is 1. The number of pyridine rings is 1. The number of nitrogens with one attached hydrogen (secondary N) is 2. The highest BCUT2D eigenvalue weighted by Crippen LogP contribution is 2.43. The molecule has 3 aromatic rings. The normalized spacial score (nSPS) is 17.0. The van der Waals surface area contributed by atoms with Gasteiger partial charge in [0.2, 0.25) is 21.6 Å². The second-order valence-electron chi connectivity index (χ2n) is 10.0. The van der Waals surface area contributed by atoms with Gasteiger partial charge in [-0.2, -0.15) is 13.2 Å². The van der Waals surface area contributed by atoms with Crippen LogP contribution in [0, 0.1) is 12.7 Å². The fraction of sp³-hybridized carbons (Fsp3) is 0.357. The fourth-order valence-corrected chi connectivity index (χ4v) is 5.61. The molecule has 13 heteroatoms. The number of nitrogens with zero attached hydrogens (tertiary/aromatic N) is 3. The first-order chi connectivity index (χ1) is 19.2. The van der Waals surface area contributed by atoms with Gasteiger partial charge in [0.1, 0.15) is 5.82 Å². The smallest absolute Gasteiger partial charge is 0.369 e. The molecule has 8 nitrogen and oxygen atoms in total. The minimum Gasteiger partial charge on any atom is -0.369 e. The van der Waals surface area contributed by atoms with Gasteiger partial charge in [-0.05, 0) is 49.2 Å². The van der Waals surface area contributed by atoms with Crippen LogP contribution in [0.2, 0.25) is 0 Å². The molecule has 1 aliphatic heterocycles. The van der Waals surface area contributed by atoms with E-state index in [1.54, 1.807) is 0 Å². The third-order valence-corrected chi connectivity index (χ3v) is 7.78. The number of carbonyl (C=O) groups is 1. The van der Waals surface area contributed by atoms with Crippen LogP contribution in [-0.2, 0) is 20.5 Å². The quantitative estimate of drug-likeness (QED) is 0.377. The van der Waals surface area contributed by atoms with Crippen molar-refractivity contribution in [2.45, 2.75) is 31.6 Å². The summed E-state index contributed by atoms with van der Waals surface area (Å²) < 4.78 is 85.2. The number of amides is 1. The van der Waals surface area contributed by atoms with Gasteiger partial charge >= 0.3 is 6.18 Å². The van der Waals surface area contributed by atoms with Crippen LogP contribution in [0.5, 0.6) is 0 Å². The van der Waals surface area contributed by atoms with Crippen molar-refractivity contribution in [2.24, 2.45) is 0 Å². The van der Waals surface area contributed by atoms with Crippen molar-refractivity contribution < 1.29 is 30.8 Å². The van der Waals surface area contributed by atoms with Gasteiger partial charge in [0, 0.05) is 49.8 Å². The van der Waals surface area contributed by atoms with Crippen molar-refractivity contribution >= 4 is 27.3 Å². The Morgan fingerprint density at radius 1 is 1.02 bits per heavy atom. The second kappa shape index (κ2) is 11.6. The molecule has 0 aliphatic carbocycles. The molecule has 0 spiro atoms. The van der Waals surface area contributed by atoms with Crippen LogP contribution >= 0.6 is 0 Å². The summed E-state index contributed by atoms with van der Waals surface area (Å²) in [7, 11) is -3.77. The highest BCUT2D eigenvalue weighted by Gasteiger charge is 2.61. The standard InChI is InChI=1S/C28H31F4N5O3S/c1-19-7-4-5-9-25(19)36-13-15-37(16-14-36)27(28(30,31)32,22-8-6-12-33-18-22)34-26(38)20(2)21-10-11-24(23(29)17-21)35-41(3,39)40/h4-12,17-18,20,35H,13-16H2,1-3H3,(H,34,38). The first kappa shape index (κ1) is 30.3. The average molecular weight is 594 g/mol. The molecule has 0 bridgehead atoms. The molecule has 1 saturated heterocycles. The summed E-state index contributed by atoms with van der Waals surface area (Å²) in [5.41, 5.74) is -1.49. The number of para-hydroxylation sites is 1. The molecule has 1 aliphatic rings. The van der Waals surface area contributed by atoms with E-state index < -0.39 is 39.5 Å².